The third-order valence-electron chi connectivity index (χ3n) is 1.87. The minimum atomic E-state index is -3.72. The molecule has 0 aliphatic rings. The maximum absolute atomic E-state index is 12.6. The third kappa shape index (κ3) is 4.92. The second-order valence-corrected chi connectivity index (χ2v) is 5.03. The van der Waals surface area contributed by atoms with Gasteiger partial charge in [-0.15, -0.1) is 4.28 Å². The fourth-order valence-electron chi connectivity index (χ4n) is 1.13. The highest BCUT2D eigenvalue weighted by atomic mass is 32.2. The molecule has 0 atom stereocenters. The highest BCUT2D eigenvalue weighted by Crippen LogP contribution is 2.06. The lowest BCUT2D eigenvalue weighted by Gasteiger charge is -2.14. The van der Waals surface area contributed by atoms with E-state index in [1.807, 2.05) is 0 Å². The van der Waals surface area contributed by atoms with E-state index in [2.05, 4.69) is 4.28 Å². The van der Waals surface area contributed by atoms with Crippen molar-refractivity contribution in [2.45, 2.75) is 6.42 Å². The fourth-order valence-corrected chi connectivity index (χ4v) is 1.62. The first kappa shape index (κ1) is 13.6. The summed E-state index contributed by atoms with van der Waals surface area (Å²) in [6.45, 7) is 0. The van der Waals surface area contributed by atoms with Gasteiger partial charge in [-0.3, -0.25) is 4.79 Å². The molecule has 0 aromatic heterocycles. The zero-order valence-corrected chi connectivity index (χ0v) is 10.2. The third-order valence-corrected chi connectivity index (χ3v) is 2.36. The first-order valence-electron chi connectivity index (χ1n) is 4.68. The number of hydrogen-bond donors (Lipinski definition) is 0. The van der Waals surface area contributed by atoms with Crippen molar-refractivity contribution in [2.75, 3.05) is 13.3 Å². The molecule has 5 nitrogen and oxygen atoms in total. The molecule has 0 fully saturated rings. The van der Waals surface area contributed by atoms with Crippen LogP contribution in [0.1, 0.15) is 5.56 Å². The van der Waals surface area contributed by atoms with E-state index < -0.39 is 21.8 Å². The van der Waals surface area contributed by atoms with E-state index in [9.17, 15) is 17.6 Å². The number of hydrogen-bond acceptors (Lipinski definition) is 4. The molecule has 1 rings (SSSR count). The molecule has 0 saturated heterocycles. The van der Waals surface area contributed by atoms with Crippen LogP contribution in [0.15, 0.2) is 24.3 Å². The lowest BCUT2D eigenvalue weighted by Crippen LogP contribution is -2.30. The number of hydroxylamine groups is 2. The normalized spacial score (nSPS) is 11.2. The van der Waals surface area contributed by atoms with Gasteiger partial charge in [-0.2, -0.15) is 8.42 Å². The van der Waals surface area contributed by atoms with Crippen LogP contribution in [0.25, 0.3) is 0 Å². The predicted octanol–water partition coefficient (Wildman–Crippen LogP) is 0.718. The summed E-state index contributed by atoms with van der Waals surface area (Å²) in [5, 5.41) is 0.638. The second-order valence-electron chi connectivity index (χ2n) is 3.47. The van der Waals surface area contributed by atoms with Crippen LogP contribution in [0.3, 0.4) is 0 Å². The molecule has 1 aromatic carbocycles. The Labute approximate surface area is 98.9 Å². The van der Waals surface area contributed by atoms with Crippen LogP contribution < -0.4 is 0 Å². The van der Waals surface area contributed by atoms with Crippen LogP contribution >= 0.6 is 0 Å². The second kappa shape index (κ2) is 5.24. The van der Waals surface area contributed by atoms with Crippen molar-refractivity contribution in [3.63, 3.8) is 0 Å². The van der Waals surface area contributed by atoms with Gasteiger partial charge in [-0.25, -0.2) is 9.45 Å². The molecule has 0 spiro atoms. The topological polar surface area (TPSA) is 63.7 Å². The Bertz CT molecular complexity index is 498. The van der Waals surface area contributed by atoms with E-state index in [-0.39, 0.29) is 6.42 Å². The lowest BCUT2D eigenvalue weighted by molar-refractivity contribution is -0.150. The molecule has 1 aromatic rings. The number of carbonyl (C=O) groups is 1. The van der Waals surface area contributed by atoms with Crippen molar-refractivity contribution in [2.24, 2.45) is 0 Å². The average molecular weight is 261 g/mol. The summed E-state index contributed by atoms with van der Waals surface area (Å²) in [6.07, 6.45) is 0.779. The van der Waals surface area contributed by atoms with E-state index in [0.717, 1.165) is 6.26 Å². The highest BCUT2D eigenvalue weighted by Gasteiger charge is 2.15. The van der Waals surface area contributed by atoms with E-state index in [4.69, 9.17) is 0 Å². The molecular formula is C10H12FNO4S. The van der Waals surface area contributed by atoms with Gasteiger partial charge in [-0.05, 0) is 17.7 Å². The molecule has 0 heterocycles. The molecule has 0 bridgehead atoms. The van der Waals surface area contributed by atoms with Gasteiger partial charge in [0, 0.05) is 7.05 Å². The molecule has 94 valence electrons. The Morgan fingerprint density at radius 3 is 2.35 bits per heavy atom. The van der Waals surface area contributed by atoms with Crippen molar-refractivity contribution in [3.05, 3.63) is 35.6 Å². The maximum atomic E-state index is 12.6. The first-order valence-corrected chi connectivity index (χ1v) is 6.50. The van der Waals surface area contributed by atoms with Crippen molar-refractivity contribution < 1.29 is 21.9 Å². The molecule has 1 amide bonds. The summed E-state index contributed by atoms with van der Waals surface area (Å²) in [4.78, 5) is 11.5. The summed E-state index contributed by atoms with van der Waals surface area (Å²) in [5.41, 5.74) is 0.570. The van der Waals surface area contributed by atoms with Gasteiger partial charge in [0.05, 0.1) is 12.7 Å². The summed E-state index contributed by atoms with van der Waals surface area (Å²) >= 11 is 0. The Morgan fingerprint density at radius 2 is 1.88 bits per heavy atom. The van der Waals surface area contributed by atoms with Crippen molar-refractivity contribution in [3.8, 4) is 0 Å². The van der Waals surface area contributed by atoms with Crippen LogP contribution in [-0.4, -0.2) is 32.7 Å². The zero-order chi connectivity index (χ0) is 13.1. The summed E-state index contributed by atoms with van der Waals surface area (Å²) < 4.78 is 38.5. The van der Waals surface area contributed by atoms with Crippen LogP contribution in [0.4, 0.5) is 4.39 Å². The van der Waals surface area contributed by atoms with Crippen molar-refractivity contribution in [1.82, 2.24) is 5.06 Å². The van der Waals surface area contributed by atoms with Crippen LogP contribution in [0.2, 0.25) is 0 Å². The van der Waals surface area contributed by atoms with E-state index in [1.54, 1.807) is 0 Å². The minimum absolute atomic E-state index is 0.0632. The molecule has 7 heteroatoms. The molecule has 0 aliphatic heterocycles. The van der Waals surface area contributed by atoms with Gasteiger partial charge in [0.1, 0.15) is 5.82 Å². The largest absolute Gasteiger partial charge is 0.285 e. The van der Waals surface area contributed by atoms with E-state index in [1.165, 1.54) is 31.3 Å². The molecule has 17 heavy (non-hydrogen) atoms. The van der Waals surface area contributed by atoms with Gasteiger partial charge < -0.3 is 0 Å². The van der Waals surface area contributed by atoms with Crippen LogP contribution in [0, 0.1) is 5.82 Å². The Morgan fingerprint density at radius 1 is 1.35 bits per heavy atom. The molecule has 0 radical (unpaired) electrons. The number of carbonyl (C=O) groups excluding carboxylic acids is 1. The van der Waals surface area contributed by atoms with Gasteiger partial charge in [0.15, 0.2) is 0 Å². The smallest absolute Gasteiger partial charge is 0.272 e. The number of amides is 1. The van der Waals surface area contributed by atoms with Gasteiger partial charge in [0.2, 0.25) is 0 Å². The predicted molar refractivity (Wildman–Crippen MR) is 58.8 cm³/mol. The molecule has 0 unspecified atom stereocenters. The number of rotatable bonds is 4. The molecule has 0 N–H and O–H groups in total. The Balaban J connectivity index is 2.63. The zero-order valence-electron chi connectivity index (χ0n) is 9.38. The van der Waals surface area contributed by atoms with Gasteiger partial charge >= 0.3 is 0 Å². The lowest BCUT2D eigenvalue weighted by atomic mass is 10.1. The summed E-state index contributed by atoms with van der Waals surface area (Å²) in [6, 6.07) is 5.34. The van der Waals surface area contributed by atoms with E-state index >= 15 is 0 Å². The highest BCUT2D eigenvalue weighted by molar-refractivity contribution is 7.85. The Hall–Kier alpha value is -1.47. The Kier molecular flexibility index (Phi) is 4.19. The minimum Gasteiger partial charge on any atom is -0.272 e. The molecular weight excluding hydrogens is 249 g/mol. The monoisotopic (exact) mass is 261 g/mol. The SMILES string of the molecule is CN(OS(C)(=O)=O)C(=O)Cc1ccc(F)cc1. The average Bonchev–Trinajstić information content (AvgIpc) is 2.19. The summed E-state index contributed by atoms with van der Waals surface area (Å²) in [7, 11) is -2.52. The molecule has 0 aliphatic carbocycles. The number of nitrogens with zero attached hydrogens (tertiary/aromatic N) is 1. The van der Waals surface area contributed by atoms with Crippen molar-refractivity contribution >= 4 is 16.0 Å². The standard InChI is InChI=1S/C10H12FNO4S/c1-12(16-17(2,14)15)10(13)7-8-3-5-9(11)6-4-8/h3-6H,7H2,1-2H3. The van der Waals surface area contributed by atoms with Crippen LogP contribution in [0.5, 0.6) is 0 Å². The van der Waals surface area contributed by atoms with Crippen LogP contribution in [-0.2, 0) is 25.6 Å². The first-order chi connectivity index (χ1) is 7.78. The summed E-state index contributed by atoms with van der Waals surface area (Å²) in [5.74, 6) is -0.941. The molecule has 0 saturated carbocycles. The maximum Gasteiger partial charge on any atom is 0.285 e. The fraction of sp³-hybridized carbons (Fsp3) is 0.300. The van der Waals surface area contributed by atoms with Crippen molar-refractivity contribution in [1.29, 1.82) is 0 Å². The number of benzene rings is 1. The number of likely N-dealkylation sites (N-methyl/N-ethyl adjacent to an activating group) is 1. The van der Waals surface area contributed by atoms with E-state index in [0.29, 0.717) is 10.6 Å². The van der Waals surface area contributed by atoms with Gasteiger partial charge in [-0.1, -0.05) is 12.1 Å². The van der Waals surface area contributed by atoms with Gasteiger partial charge in [0.25, 0.3) is 16.0 Å². The quantitative estimate of drug-likeness (QED) is 0.749. The number of halogens is 1.